The fourth-order valence-corrected chi connectivity index (χ4v) is 4.59. The number of nitrogens with one attached hydrogen (secondary N) is 2. The van der Waals surface area contributed by atoms with Gasteiger partial charge in [0.05, 0.1) is 5.92 Å². The zero-order chi connectivity index (χ0) is 24.4. The average molecular weight is 498 g/mol. The first-order chi connectivity index (χ1) is 17.0. The Morgan fingerprint density at radius 1 is 1.00 bits per heavy atom. The van der Waals surface area contributed by atoms with Crippen LogP contribution in [0.5, 0.6) is 11.5 Å². The first kappa shape index (κ1) is 22.7. The largest absolute Gasteiger partial charge is 0.454 e. The summed E-state index contributed by atoms with van der Waals surface area (Å²) in [5.41, 5.74) is 0.853. The number of carbonyl (C=O) groups excluding carboxylic acids is 3. The normalized spacial score (nSPS) is 16.6. The Balaban J connectivity index is 1.20. The number of rotatable bonds is 5. The molecule has 0 bridgehead atoms. The van der Waals surface area contributed by atoms with Gasteiger partial charge in [0.2, 0.25) is 22.7 Å². The van der Waals surface area contributed by atoms with Crippen molar-refractivity contribution in [3.8, 4) is 11.5 Å². The molecule has 10 nitrogen and oxygen atoms in total. The molecule has 2 aromatic carbocycles. The lowest BCUT2D eigenvalue weighted by Gasteiger charge is -2.31. The molecule has 2 aliphatic heterocycles. The Labute approximate surface area is 203 Å². The van der Waals surface area contributed by atoms with Crippen molar-refractivity contribution in [2.24, 2.45) is 5.92 Å². The molecule has 1 saturated heterocycles. The lowest BCUT2D eigenvalue weighted by Crippen LogP contribution is -2.43. The van der Waals surface area contributed by atoms with E-state index in [0.29, 0.717) is 42.3 Å². The zero-order valence-electron chi connectivity index (χ0n) is 18.3. The third-order valence-electron chi connectivity index (χ3n) is 5.60. The number of benzene rings is 2. The number of fused-ring (bicyclic) bond motifs is 1. The van der Waals surface area contributed by atoms with Crippen LogP contribution in [0, 0.1) is 11.7 Å². The van der Waals surface area contributed by atoms with Crippen molar-refractivity contribution in [1.29, 1.82) is 0 Å². The molecule has 2 aliphatic rings. The number of likely N-dealkylation sites (tertiary alicyclic amines) is 1. The summed E-state index contributed by atoms with van der Waals surface area (Å²) in [6, 6.07) is 10.6. The predicted octanol–water partition coefficient (Wildman–Crippen LogP) is 3.15. The third kappa shape index (κ3) is 5.06. The van der Waals surface area contributed by atoms with Gasteiger partial charge in [-0.2, -0.15) is 0 Å². The molecule has 3 amide bonds. The molecule has 3 aromatic rings. The second kappa shape index (κ2) is 9.66. The summed E-state index contributed by atoms with van der Waals surface area (Å²) in [4.78, 5) is 39.8. The van der Waals surface area contributed by atoms with Crippen molar-refractivity contribution >= 4 is 40.4 Å². The van der Waals surface area contributed by atoms with E-state index in [1.165, 1.54) is 23.1 Å². The van der Waals surface area contributed by atoms with Crippen LogP contribution in [0.1, 0.15) is 32.4 Å². The van der Waals surface area contributed by atoms with Gasteiger partial charge in [0.15, 0.2) is 11.5 Å². The number of carbonyl (C=O) groups is 3. The second-order valence-electron chi connectivity index (χ2n) is 8.02. The highest BCUT2D eigenvalue weighted by Crippen LogP contribution is 2.34. The first-order valence-corrected chi connectivity index (χ1v) is 11.7. The van der Waals surface area contributed by atoms with Crippen molar-refractivity contribution in [3.63, 3.8) is 0 Å². The van der Waals surface area contributed by atoms with Crippen molar-refractivity contribution in [2.45, 2.75) is 12.8 Å². The summed E-state index contributed by atoms with van der Waals surface area (Å²) >= 11 is 0.878. The van der Waals surface area contributed by atoms with E-state index in [4.69, 9.17) is 9.47 Å². The Morgan fingerprint density at radius 3 is 2.66 bits per heavy atom. The number of amides is 3. The Hall–Kier alpha value is -4.06. The Morgan fingerprint density at radius 2 is 1.80 bits per heavy atom. The van der Waals surface area contributed by atoms with Gasteiger partial charge in [-0.1, -0.05) is 17.4 Å². The van der Waals surface area contributed by atoms with Crippen LogP contribution in [0.4, 0.5) is 15.8 Å². The molecule has 1 aromatic heterocycles. The van der Waals surface area contributed by atoms with E-state index in [-0.39, 0.29) is 29.3 Å². The number of nitrogens with zero attached hydrogens (tertiary/aromatic N) is 3. The van der Waals surface area contributed by atoms with E-state index in [1.807, 2.05) is 0 Å². The van der Waals surface area contributed by atoms with Crippen LogP contribution < -0.4 is 20.1 Å². The molecule has 0 radical (unpaired) electrons. The molecule has 0 saturated carbocycles. The van der Waals surface area contributed by atoms with Crippen molar-refractivity contribution in [2.75, 3.05) is 30.5 Å². The molecule has 35 heavy (non-hydrogen) atoms. The summed E-state index contributed by atoms with van der Waals surface area (Å²) in [6.07, 6.45) is 1.23. The minimum atomic E-state index is -0.508. The van der Waals surface area contributed by atoms with Crippen LogP contribution in [0.25, 0.3) is 0 Å². The minimum absolute atomic E-state index is 0.0309. The number of piperidine rings is 1. The summed E-state index contributed by atoms with van der Waals surface area (Å²) in [5, 5.41) is 13.2. The third-order valence-corrected chi connectivity index (χ3v) is 6.51. The Kier molecular flexibility index (Phi) is 6.27. The van der Waals surface area contributed by atoms with Gasteiger partial charge in [-0.3, -0.25) is 14.4 Å². The standard InChI is InChI=1S/C23H20FN5O5S/c24-14-4-1-5-15(9-14)25-19(30)13-3-2-8-29(11-13)23(32)22-28-27-21(35-22)20(31)26-16-6-7-17-18(10-16)34-12-33-17/h1,4-7,9-10,13H,2-3,8,11-12H2,(H,25,30)(H,26,31)/t13-/m1/s1. The summed E-state index contributed by atoms with van der Waals surface area (Å²) in [7, 11) is 0. The molecule has 0 aliphatic carbocycles. The maximum Gasteiger partial charge on any atom is 0.286 e. The molecule has 1 atom stereocenters. The van der Waals surface area contributed by atoms with E-state index in [2.05, 4.69) is 20.8 Å². The van der Waals surface area contributed by atoms with Gasteiger partial charge in [0.1, 0.15) is 5.82 Å². The smallest absolute Gasteiger partial charge is 0.286 e. The lowest BCUT2D eigenvalue weighted by molar-refractivity contribution is -0.121. The number of anilines is 2. The zero-order valence-corrected chi connectivity index (χ0v) is 19.1. The number of aromatic nitrogens is 2. The Bertz CT molecular complexity index is 1300. The number of hydrogen-bond acceptors (Lipinski definition) is 8. The fourth-order valence-electron chi connectivity index (χ4n) is 3.88. The first-order valence-electron chi connectivity index (χ1n) is 10.9. The molecule has 0 unspecified atom stereocenters. The predicted molar refractivity (Wildman–Crippen MR) is 124 cm³/mol. The van der Waals surface area contributed by atoms with Crippen molar-refractivity contribution < 1.29 is 28.2 Å². The van der Waals surface area contributed by atoms with E-state index in [0.717, 1.165) is 11.3 Å². The number of ether oxygens (including phenoxy) is 2. The highest BCUT2D eigenvalue weighted by atomic mass is 32.1. The molecular formula is C23H20FN5O5S. The van der Waals surface area contributed by atoms with Gasteiger partial charge in [-0.15, -0.1) is 10.2 Å². The van der Waals surface area contributed by atoms with Crippen molar-refractivity contribution in [3.05, 3.63) is 58.3 Å². The van der Waals surface area contributed by atoms with Gasteiger partial charge in [0, 0.05) is 30.5 Å². The van der Waals surface area contributed by atoms with Gasteiger partial charge >= 0.3 is 0 Å². The second-order valence-corrected chi connectivity index (χ2v) is 9.00. The maximum absolute atomic E-state index is 13.4. The molecule has 1 fully saturated rings. The lowest BCUT2D eigenvalue weighted by atomic mass is 9.97. The molecule has 3 heterocycles. The van der Waals surface area contributed by atoms with Gasteiger partial charge in [-0.05, 0) is 43.2 Å². The molecule has 5 rings (SSSR count). The highest BCUT2D eigenvalue weighted by molar-refractivity contribution is 7.15. The molecule has 0 spiro atoms. The molecular weight excluding hydrogens is 477 g/mol. The number of hydrogen-bond donors (Lipinski definition) is 2. The van der Waals surface area contributed by atoms with E-state index in [1.54, 1.807) is 24.3 Å². The van der Waals surface area contributed by atoms with Crippen molar-refractivity contribution in [1.82, 2.24) is 15.1 Å². The van der Waals surface area contributed by atoms with Crippen LogP contribution in [0.15, 0.2) is 42.5 Å². The quantitative estimate of drug-likeness (QED) is 0.555. The highest BCUT2D eigenvalue weighted by Gasteiger charge is 2.31. The number of halogens is 1. The minimum Gasteiger partial charge on any atom is -0.454 e. The SMILES string of the molecule is O=C(Nc1ccc2c(c1)OCO2)c1nnc(C(=O)N2CCC[C@@H](C(=O)Nc3cccc(F)c3)C2)s1. The average Bonchev–Trinajstić information content (AvgIpc) is 3.53. The monoisotopic (exact) mass is 497 g/mol. The van der Waals surface area contributed by atoms with Gasteiger partial charge in [-0.25, -0.2) is 4.39 Å². The van der Waals surface area contributed by atoms with Crippen LogP contribution in [0.3, 0.4) is 0 Å². The van der Waals surface area contributed by atoms with E-state index in [9.17, 15) is 18.8 Å². The maximum atomic E-state index is 13.4. The van der Waals surface area contributed by atoms with Crippen LogP contribution >= 0.6 is 11.3 Å². The molecule has 2 N–H and O–H groups in total. The summed E-state index contributed by atoms with van der Waals surface area (Å²) in [6.45, 7) is 0.775. The molecule has 12 heteroatoms. The van der Waals surface area contributed by atoms with E-state index >= 15 is 0 Å². The molecule has 180 valence electrons. The van der Waals surface area contributed by atoms with Crippen LogP contribution in [0.2, 0.25) is 0 Å². The van der Waals surface area contributed by atoms with Gasteiger partial charge in [0.25, 0.3) is 11.8 Å². The van der Waals surface area contributed by atoms with Crippen LogP contribution in [-0.2, 0) is 4.79 Å². The topological polar surface area (TPSA) is 123 Å². The fraction of sp³-hybridized carbons (Fsp3) is 0.261. The van der Waals surface area contributed by atoms with Crippen LogP contribution in [-0.4, -0.2) is 52.7 Å². The summed E-state index contributed by atoms with van der Waals surface area (Å²) in [5.74, 6) is -0.961. The van der Waals surface area contributed by atoms with E-state index < -0.39 is 23.5 Å². The van der Waals surface area contributed by atoms with Gasteiger partial charge < -0.3 is 25.0 Å². The summed E-state index contributed by atoms with van der Waals surface area (Å²) < 4.78 is 23.9.